The summed E-state index contributed by atoms with van der Waals surface area (Å²) >= 11 is 0. The summed E-state index contributed by atoms with van der Waals surface area (Å²) < 4.78 is 11.4. The number of methoxy groups -OCH3 is 1. The predicted molar refractivity (Wildman–Crippen MR) is 99.9 cm³/mol. The van der Waals surface area contributed by atoms with Crippen molar-refractivity contribution in [2.45, 2.75) is 44.2 Å². The summed E-state index contributed by atoms with van der Waals surface area (Å²) in [4.78, 5) is 17.0. The Morgan fingerprint density at radius 2 is 1.77 bits per heavy atom. The van der Waals surface area contributed by atoms with E-state index in [4.69, 9.17) is 9.47 Å². The van der Waals surface area contributed by atoms with Gasteiger partial charge in [-0.2, -0.15) is 0 Å². The number of para-hydroxylation sites is 2. The van der Waals surface area contributed by atoms with Gasteiger partial charge in [-0.05, 0) is 44.6 Å². The van der Waals surface area contributed by atoms with E-state index in [1.165, 1.54) is 12.8 Å². The molecule has 1 aromatic carbocycles. The van der Waals surface area contributed by atoms with Crippen molar-refractivity contribution in [1.29, 1.82) is 0 Å². The molecule has 0 bridgehead atoms. The number of likely N-dealkylation sites (tertiary alicyclic amines) is 2. The summed E-state index contributed by atoms with van der Waals surface area (Å²) in [7, 11) is 1.57. The van der Waals surface area contributed by atoms with Crippen molar-refractivity contribution in [1.82, 2.24) is 9.80 Å². The Morgan fingerprint density at radius 1 is 1.15 bits per heavy atom. The number of ether oxygens (including phenoxy) is 2. The molecule has 0 amide bonds. The minimum atomic E-state index is -1.17. The van der Waals surface area contributed by atoms with E-state index in [1.54, 1.807) is 19.2 Å². The number of aliphatic carboxylic acids is 1. The largest absolute Gasteiger partial charge is 0.493 e. The van der Waals surface area contributed by atoms with E-state index in [2.05, 4.69) is 16.7 Å². The monoisotopic (exact) mass is 362 g/mol. The Balaban J connectivity index is 1.65. The van der Waals surface area contributed by atoms with E-state index in [0.29, 0.717) is 30.4 Å². The van der Waals surface area contributed by atoms with Crippen LogP contribution in [0.1, 0.15) is 32.6 Å². The van der Waals surface area contributed by atoms with Crippen LogP contribution in [0.4, 0.5) is 0 Å². The van der Waals surface area contributed by atoms with Crippen LogP contribution >= 0.6 is 0 Å². The Labute approximate surface area is 155 Å². The van der Waals surface area contributed by atoms with E-state index in [9.17, 15) is 9.90 Å². The van der Waals surface area contributed by atoms with Crippen LogP contribution in [0.25, 0.3) is 0 Å². The van der Waals surface area contributed by atoms with Gasteiger partial charge in [0.15, 0.2) is 11.5 Å². The molecule has 2 aliphatic heterocycles. The zero-order chi connectivity index (χ0) is 18.6. The van der Waals surface area contributed by atoms with Crippen LogP contribution in [-0.2, 0) is 4.79 Å². The van der Waals surface area contributed by atoms with E-state index in [-0.39, 0.29) is 0 Å². The normalized spacial score (nSPS) is 22.1. The SMILES string of the molecule is CCN1CCC(N2CCC(Oc3ccccc3OC)(C(=O)O)CC2)CC1. The van der Waals surface area contributed by atoms with Gasteiger partial charge in [-0.1, -0.05) is 19.1 Å². The van der Waals surface area contributed by atoms with Gasteiger partial charge in [-0.15, -0.1) is 0 Å². The summed E-state index contributed by atoms with van der Waals surface area (Å²) in [6.45, 7) is 7.12. The molecule has 144 valence electrons. The van der Waals surface area contributed by atoms with Crippen molar-refractivity contribution in [2.75, 3.05) is 39.8 Å². The fourth-order valence-electron chi connectivity index (χ4n) is 4.12. The van der Waals surface area contributed by atoms with Gasteiger partial charge in [0, 0.05) is 32.0 Å². The molecule has 2 heterocycles. The lowest BCUT2D eigenvalue weighted by Gasteiger charge is -2.44. The van der Waals surface area contributed by atoms with Crippen LogP contribution in [0.2, 0.25) is 0 Å². The molecule has 0 saturated carbocycles. The molecule has 26 heavy (non-hydrogen) atoms. The molecule has 1 N–H and O–H groups in total. The fraction of sp³-hybridized carbons (Fsp3) is 0.650. The first-order chi connectivity index (χ1) is 12.6. The first-order valence-electron chi connectivity index (χ1n) is 9.60. The molecular formula is C20H30N2O4. The average Bonchev–Trinajstić information content (AvgIpc) is 2.69. The topological polar surface area (TPSA) is 62.2 Å². The van der Waals surface area contributed by atoms with Crippen LogP contribution in [0.3, 0.4) is 0 Å². The van der Waals surface area contributed by atoms with Crippen LogP contribution in [0, 0.1) is 0 Å². The highest BCUT2D eigenvalue weighted by atomic mass is 16.5. The van der Waals surface area contributed by atoms with E-state index in [1.807, 2.05) is 12.1 Å². The minimum Gasteiger partial charge on any atom is -0.493 e. The molecule has 0 aromatic heterocycles. The van der Waals surface area contributed by atoms with Gasteiger partial charge in [-0.25, -0.2) is 4.79 Å². The quantitative estimate of drug-likeness (QED) is 0.839. The highest BCUT2D eigenvalue weighted by molar-refractivity contribution is 5.78. The number of hydrogen-bond acceptors (Lipinski definition) is 5. The summed E-state index contributed by atoms with van der Waals surface area (Å²) in [6, 6.07) is 7.82. The van der Waals surface area contributed by atoms with E-state index in [0.717, 1.165) is 32.7 Å². The first kappa shape index (κ1) is 19.0. The molecule has 0 atom stereocenters. The molecule has 2 saturated heterocycles. The number of carboxylic acid groups (broad SMARTS) is 1. The first-order valence-corrected chi connectivity index (χ1v) is 9.60. The molecule has 0 radical (unpaired) electrons. The standard InChI is InChI=1S/C20H30N2O4/c1-3-21-12-8-16(9-13-21)22-14-10-20(11-15-22,19(23)24)26-18-7-5-4-6-17(18)25-2/h4-7,16H,3,8-15H2,1-2H3,(H,23,24). The van der Waals surface area contributed by atoms with Crippen molar-refractivity contribution >= 4 is 5.97 Å². The summed E-state index contributed by atoms with van der Waals surface area (Å²) in [6.07, 6.45) is 3.32. The molecule has 0 aliphatic carbocycles. The molecule has 3 rings (SSSR count). The maximum atomic E-state index is 12.1. The third-order valence-electron chi connectivity index (χ3n) is 5.89. The van der Waals surface area contributed by atoms with Crippen molar-refractivity contribution in [3.05, 3.63) is 24.3 Å². The van der Waals surface area contributed by atoms with Gasteiger partial charge in [-0.3, -0.25) is 4.90 Å². The Bertz CT molecular complexity index is 606. The molecule has 6 nitrogen and oxygen atoms in total. The molecule has 0 unspecified atom stereocenters. The Hall–Kier alpha value is -1.79. The van der Waals surface area contributed by atoms with Gasteiger partial charge in [0.05, 0.1) is 7.11 Å². The van der Waals surface area contributed by atoms with Crippen LogP contribution in [0.5, 0.6) is 11.5 Å². The predicted octanol–water partition coefficient (Wildman–Crippen LogP) is 2.48. The molecule has 2 aliphatic rings. The van der Waals surface area contributed by atoms with Crippen LogP contribution in [0.15, 0.2) is 24.3 Å². The van der Waals surface area contributed by atoms with Crippen molar-refractivity contribution < 1.29 is 19.4 Å². The summed E-state index contributed by atoms with van der Waals surface area (Å²) in [5, 5.41) is 9.89. The van der Waals surface area contributed by atoms with Gasteiger partial charge >= 0.3 is 5.97 Å². The lowest BCUT2D eigenvalue weighted by molar-refractivity contribution is -0.160. The Morgan fingerprint density at radius 3 is 2.31 bits per heavy atom. The zero-order valence-corrected chi connectivity index (χ0v) is 15.8. The zero-order valence-electron chi connectivity index (χ0n) is 15.8. The second-order valence-electron chi connectivity index (χ2n) is 7.25. The van der Waals surface area contributed by atoms with Gasteiger partial charge in [0.25, 0.3) is 0 Å². The second-order valence-corrected chi connectivity index (χ2v) is 7.25. The number of carboxylic acids is 1. The van der Waals surface area contributed by atoms with Crippen LogP contribution in [-0.4, -0.2) is 72.4 Å². The van der Waals surface area contributed by atoms with Gasteiger partial charge in [0.1, 0.15) is 0 Å². The molecule has 1 aromatic rings. The highest BCUT2D eigenvalue weighted by Crippen LogP contribution is 2.35. The second kappa shape index (κ2) is 8.27. The molecule has 0 spiro atoms. The number of benzene rings is 1. The number of carbonyl (C=O) groups is 1. The van der Waals surface area contributed by atoms with Crippen molar-refractivity contribution in [3.63, 3.8) is 0 Å². The maximum absolute atomic E-state index is 12.1. The lowest BCUT2D eigenvalue weighted by Crippen LogP contribution is -2.56. The maximum Gasteiger partial charge on any atom is 0.348 e. The fourth-order valence-corrected chi connectivity index (χ4v) is 4.12. The van der Waals surface area contributed by atoms with Crippen molar-refractivity contribution in [2.24, 2.45) is 0 Å². The summed E-state index contributed by atoms with van der Waals surface area (Å²) in [5.41, 5.74) is -1.17. The average molecular weight is 362 g/mol. The number of nitrogens with zero attached hydrogens (tertiary/aromatic N) is 2. The van der Waals surface area contributed by atoms with Gasteiger partial charge in [0.2, 0.25) is 5.60 Å². The van der Waals surface area contributed by atoms with E-state index >= 15 is 0 Å². The van der Waals surface area contributed by atoms with Crippen molar-refractivity contribution in [3.8, 4) is 11.5 Å². The third kappa shape index (κ3) is 3.96. The van der Waals surface area contributed by atoms with Crippen LogP contribution < -0.4 is 9.47 Å². The lowest BCUT2D eigenvalue weighted by atomic mass is 9.89. The number of piperidine rings is 2. The van der Waals surface area contributed by atoms with Gasteiger partial charge < -0.3 is 19.5 Å². The highest BCUT2D eigenvalue weighted by Gasteiger charge is 2.45. The third-order valence-corrected chi connectivity index (χ3v) is 5.89. The summed E-state index contributed by atoms with van der Waals surface area (Å²) in [5.74, 6) is 0.188. The Kier molecular flexibility index (Phi) is 6.04. The molecule has 6 heteroatoms. The molecular weight excluding hydrogens is 332 g/mol. The minimum absolute atomic E-state index is 0.494. The smallest absolute Gasteiger partial charge is 0.348 e. The number of hydrogen-bond donors (Lipinski definition) is 1. The van der Waals surface area contributed by atoms with E-state index < -0.39 is 11.6 Å². The number of rotatable bonds is 6. The molecule has 2 fully saturated rings.